The number of aromatic nitrogens is 1. The molecule has 0 spiro atoms. The molecular weight excluding hydrogens is 467 g/mol. The zero-order valence-electron chi connectivity index (χ0n) is 16.0. The number of nitrogens with one attached hydrogen (secondary N) is 1. The Kier molecular flexibility index (Phi) is 5.91. The lowest BCUT2D eigenvalue weighted by molar-refractivity contribution is 0.210. The Morgan fingerprint density at radius 1 is 1.29 bits per heavy atom. The van der Waals surface area contributed by atoms with E-state index in [-0.39, 0.29) is 0 Å². The minimum Gasteiger partial charge on any atom is -0.493 e. The van der Waals surface area contributed by atoms with Gasteiger partial charge in [0.25, 0.3) is 6.01 Å². The second-order valence-corrected chi connectivity index (χ2v) is 8.19. The monoisotopic (exact) mass is 492 g/mol. The molecule has 6 nitrogen and oxygen atoms in total. The Morgan fingerprint density at radius 2 is 2.07 bits per heavy atom. The second-order valence-electron chi connectivity index (χ2n) is 7.11. The fraction of sp³-hybridized carbons (Fsp3) is 0.381. The molecule has 1 aromatic heterocycles. The van der Waals surface area contributed by atoms with Gasteiger partial charge in [0.2, 0.25) is 0 Å². The summed E-state index contributed by atoms with van der Waals surface area (Å²) in [6, 6.07) is 13.0. The summed E-state index contributed by atoms with van der Waals surface area (Å²) < 4.78 is 12.5. The molecule has 0 bridgehead atoms. The normalized spacial score (nSPS) is 15.8. The zero-order valence-corrected chi connectivity index (χ0v) is 18.1. The Morgan fingerprint density at radius 3 is 2.82 bits per heavy atom. The molecule has 0 amide bonds. The van der Waals surface area contributed by atoms with Crippen molar-refractivity contribution in [3.63, 3.8) is 0 Å². The van der Waals surface area contributed by atoms with Crippen LogP contribution in [0.4, 0.5) is 11.7 Å². The molecule has 4 rings (SSSR count). The number of piperidine rings is 1. The van der Waals surface area contributed by atoms with Crippen molar-refractivity contribution >= 4 is 45.4 Å². The molecule has 2 heterocycles. The number of rotatable bonds is 6. The molecule has 3 aromatic rings. The van der Waals surface area contributed by atoms with E-state index < -0.39 is 0 Å². The number of halogens is 1. The molecule has 0 atom stereocenters. The van der Waals surface area contributed by atoms with Gasteiger partial charge in [-0.1, -0.05) is 12.1 Å². The molecule has 0 aliphatic carbocycles. The van der Waals surface area contributed by atoms with Crippen LogP contribution in [0.2, 0.25) is 0 Å². The number of fused-ring (bicyclic) bond motifs is 1. The predicted molar refractivity (Wildman–Crippen MR) is 121 cm³/mol. The lowest BCUT2D eigenvalue weighted by Gasteiger charge is -2.32. The number of nitrogens with two attached hydrogens (primary N) is 1. The first kappa shape index (κ1) is 19.3. The molecule has 0 unspecified atom stereocenters. The smallest absolute Gasteiger partial charge is 0.295 e. The van der Waals surface area contributed by atoms with Crippen LogP contribution in [0.5, 0.6) is 5.75 Å². The third-order valence-electron chi connectivity index (χ3n) is 5.04. The van der Waals surface area contributed by atoms with E-state index in [9.17, 15) is 0 Å². The predicted octanol–water partition coefficient (Wildman–Crippen LogP) is 4.49. The van der Waals surface area contributed by atoms with E-state index in [0.29, 0.717) is 18.7 Å². The maximum absolute atomic E-state index is 6.16. The number of oxazole rings is 1. The van der Waals surface area contributed by atoms with Gasteiger partial charge in [-0.3, -0.25) is 4.90 Å². The summed E-state index contributed by atoms with van der Waals surface area (Å²) in [5, 5.41) is 3.45. The summed E-state index contributed by atoms with van der Waals surface area (Å²) in [5.41, 5.74) is 9.87. The van der Waals surface area contributed by atoms with Gasteiger partial charge in [0.1, 0.15) is 11.3 Å². The average molecular weight is 492 g/mol. The highest BCUT2D eigenvalue weighted by Crippen LogP contribution is 2.30. The summed E-state index contributed by atoms with van der Waals surface area (Å²) in [6.45, 7) is 5.57. The summed E-state index contributed by atoms with van der Waals surface area (Å²) >= 11 is 2.25. The topological polar surface area (TPSA) is 76.5 Å². The molecule has 7 heteroatoms. The van der Waals surface area contributed by atoms with Gasteiger partial charge in [-0.2, -0.15) is 4.98 Å². The van der Waals surface area contributed by atoms with Crippen molar-refractivity contribution in [3.05, 3.63) is 45.5 Å². The third-order valence-corrected chi connectivity index (χ3v) is 6.20. The van der Waals surface area contributed by atoms with Crippen LogP contribution in [-0.4, -0.2) is 35.6 Å². The van der Waals surface area contributed by atoms with Crippen LogP contribution in [-0.2, 0) is 6.54 Å². The minimum atomic E-state index is 0.380. The molecule has 1 aliphatic heterocycles. The summed E-state index contributed by atoms with van der Waals surface area (Å²) in [5.74, 6) is 0.880. The van der Waals surface area contributed by atoms with Crippen LogP contribution in [0.25, 0.3) is 11.1 Å². The largest absolute Gasteiger partial charge is 0.493 e. The van der Waals surface area contributed by atoms with E-state index in [2.05, 4.69) is 49.9 Å². The Balaban J connectivity index is 1.34. The lowest BCUT2D eigenvalue weighted by atomic mass is 10.0. The van der Waals surface area contributed by atoms with Gasteiger partial charge in [-0.25, -0.2) is 0 Å². The van der Waals surface area contributed by atoms with E-state index in [4.69, 9.17) is 14.9 Å². The van der Waals surface area contributed by atoms with Crippen molar-refractivity contribution in [2.45, 2.75) is 32.4 Å². The van der Waals surface area contributed by atoms with Crippen LogP contribution in [0, 0.1) is 3.57 Å². The van der Waals surface area contributed by atoms with Crippen molar-refractivity contribution < 1.29 is 9.15 Å². The maximum atomic E-state index is 6.16. The molecule has 1 fully saturated rings. The molecule has 1 saturated heterocycles. The molecule has 0 radical (unpaired) electrons. The van der Waals surface area contributed by atoms with Crippen LogP contribution in [0.15, 0.2) is 40.8 Å². The van der Waals surface area contributed by atoms with E-state index in [1.165, 1.54) is 5.56 Å². The lowest BCUT2D eigenvalue weighted by Crippen LogP contribution is -2.38. The van der Waals surface area contributed by atoms with Crippen molar-refractivity contribution in [1.29, 1.82) is 0 Å². The van der Waals surface area contributed by atoms with Gasteiger partial charge in [0, 0.05) is 31.4 Å². The van der Waals surface area contributed by atoms with Gasteiger partial charge >= 0.3 is 0 Å². The molecule has 28 heavy (non-hydrogen) atoms. The molecular formula is C21H25IN4O2. The van der Waals surface area contributed by atoms with E-state index in [1.807, 2.05) is 31.2 Å². The number of hydrogen-bond donors (Lipinski definition) is 2. The van der Waals surface area contributed by atoms with Gasteiger partial charge < -0.3 is 20.2 Å². The van der Waals surface area contributed by atoms with Gasteiger partial charge in [-0.05, 0) is 72.2 Å². The first-order valence-electron chi connectivity index (χ1n) is 9.67. The fourth-order valence-electron chi connectivity index (χ4n) is 3.63. The first-order chi connectivity index (χ1) is 13.6. The van der Waals surface area contributed by atoms with Crippen molar-refractivity contribution in [2.75, 3.05) is 30.7 Å². The number of likely N-dealkylation sites (tertiary alicyclic amines) is 1. The van der Waals surface area contributed by atoms with Crippen LogP contribution >= 0.6 is 22.6 Å². The average Bonchev–Trinajstić information content (AvgIpc) is 3.10. The maximum Gasteiger partial charge on any atom is 0.295 e. The molecule has 2 aromatic carbocycles. The van der Waals surface area contributed by atoms with Crippen molar-refractivity contribution in [2.24, 2.45) is 0 Å². The number of benzene rings is 2. The van der Waals surface area contributed by atoms with Crippen molar-refractivity contribution in [1.82, 2.24) is 9.88 Å². The summed E-state index contributed by atoms with van der Waals surface area (Å²) in [6.07, 6.45) is 2.10. The number of anilines is 2. The Labute approximate surface area is 178 Å². The van der Waals surface area contributed by atoms with Crippen molar-refractivity contribution in [3.8, 4) is 5.75 Å². The van der Waals surface area contributed by atoms with Crippen LogP contribution < -0.4 is 15.8 Å². The highest BCUT2D eigenvalue weighted by atomic mass is 127. The standard InChI is InChI=1S/C21H25IN4O2/c1-2-27-19-12-14(11-16(23)20(19)22)13-26-9-7-15(8-10-26)24-21-25-17-5-3-4-6-18(17)28-21/h3-6,11-12,15H,2,7-10,13,23H2,1H3,(H,24,25). The highest BCUT2D eigenvalue weighted by molar-refractivity contribution is 14.1. The van der Waals surface area contributed by atoms with Gasteiger partial charge in [0.05, 0.1) is 10.2 Å². The second kappa shape index (κ2) is 8.57. The molecule has 3 N–H and O–H groups in total. The van der Waals surface area contributed by atoms with E-state index in [1.54, 1.807) is 0 Å². The zero-order chi connectivity index (χ0) is 19.5. The van der Waals surface area contributed by atoms with E-state index in [0.717, 1.165) is 58.6 Å². The molecule has 1 aliphatic rings. The summed E-state index contributed by atoms with van der Waals surface area (Å²) in [7, 11) is 0. The van der Waals surface area contributed by atoms with Crippen LogP contribution in [0.3, 0.4) is 0 Å². The number of hydrogen-bond acceptors (Lipinski definition) is 6. The summed E-state index contributed by atoms with van der Waals surface area (Å²) in [4.78, 5) is 6.98. The third kappa shape index (κ3) is 4.35. The fourth-order valence-corrected chi connectivity index (χ4v) is 4.10. The molecule has 0 saturated carbocycles. The Hall–Kier alpha value is -2.00. The minimum absolute atomic E-state index is 0.380. The number of nitrogen functional groups attached to an aromatic ring is 1. The van der Waals surface area contributed by atoms with Gasteiger partial charge in [-0.15, -0.1) is 0 Å². The number of ether oxygens (including phenoxy) is 1. The van der Waals surface area contributed by atoms with E-state index >= 15 is 0 Å². The molecule has 148 valence electrons. The van der Waals surface area contributed by atoms with Crippen LogP contribution in [0.1, 0.15) is 25.3 Å². The SMILES string of the molecule is CCOc1cc(CN2CCC(Nc3nc4ccccc4o3)CC2)cc(N)c1I. The Bertz CT molecular complexity index is 918. The number of para-hydroxylation sites is 2. The first-order valence-corrected chi connectivity index (χ1v) is 10.8. The van der Waals surface area contributed by atoms with Gasteiger partial charge in [0.15, 0.2) is 5.58 Å². The highest BCUT2D eigenvalue weighted by Gasteiger charge is 2.21. The number of nitrogens with zero attached hydrogens (tertiary/aromatic N) is 2. The quantitative estimate of drug-likeness (QED) is 0.390.